The van der Waals surface area contributed by atoms with Crippen LogP contribution in [0.4, 0.5) is 5.69 Å². The van der Waals surface area contributed by atoms with Crippen molar-refractivity contribution in [1.29, 1.82) is 0 Å². The Bertz CT molecular complexity index is 623. The Kier molecular flexibility index (Phi) is 3.47. The molecule has 0 aromatic heterocycles. The molecule has 5 nitrogen and oxygen atoms in total. The fourth-order valence-corrected chi connectivity index (χ4v) is 1.60. The number of hydrogen-bond acceptors (Lipinski definition) is 3. The molecule has 19 heavy (non-hydrogen) atoms. The molecular formula is C14H10NO4-. The lowest BCUT2D eigenvalue weighted by molar-refractivity contribution is -0.268. The Balaban J connectivity index is 2.31. The molecule has 0 aliphatic rings. The van der Waals surface area contributed by atoms with Crippen molar-refractivity contribution in [3.8, 4) is 5.75 Å². The van der Waals surface area contributed by atoms with Crippen molar-refractivity contribution in [2.24, 2.45) is 0 Å². The number of nitrogens with one attached hydrogen (secondary N) is 1. The van der Waals surface area contributed by atoms with Crippen LogP contribution in [0.1, 0.15) is 20.7 Å². The van der Waals surface area contributed by atoms with Crippen molar-refractivity contribution in [2.45, 2.75) is 0 Å². The van der Waals surface area contributed by atoms with E-state index in [0.29, 0.717) is 5.56 Å². The maximum atomic E-state index is 11.9. The lowest BCUT2D eigenvalue weighted by Gasteiger charge is -2.12. The topological polar surface area (TPSA) is 89.5 Å². The van der Waals surface area contributed by atoms with E-state index in [1.165, 1.54) is 6.07 Å². The summed E-state index contributed by atoms with van der Waals surface area (Å²) in [5.74, 6) is -2.04. The molecule has 0 bridgehead atoms. The smallest absolute Gasteiger partial charge is 0.337 e. The highest BCUT2D eigenvalue weighted by Gasteiger charge is 2.12. The Morgan fingerprint density at radius 1 is 1.05 bits per heavy atom. The first-order valence-electron chi connectivity index (χ1n) is 5.48. The summed E-state index contributed by atoms with van der Waals surface area (Å²) in [6.45, 7) is 0. The molecule has 96 valence electrons. The minimum absolute atomic E-state index is 0.00569. The van der Waals surface area contributed by atoms with Crippen molar-refractivity contribution < 1.29 is 19.8 Å². The number of aromatic carboxylic acids is 1. The largest absolute Gasteiger partial charge is 0.872 e. The first-order chi connectivity index (χ1) is 9.08. The molecule has 0 saturated carbocycles. The number of amides is 1. The summed E-state index contributed by atoms with van der Waals surface area (Å²) in [6.07, 6.45) is 0. The molecule has 2 aromatic rings. The molecule has 0 fully saturated rings. The minimum atomic E-state index is -1.21. The summed E-state index contributed by atoms with van der Waals surface area (Å²) in [7, 11) is 0. The van der Waals surface area contributed by atoms with Crippen molar-refractivity contribution in [3.05, 3.63) is 59.7 Å². The van der Waals surface area contributed by atoms with Gasteiger partial charge in [0, 0.05) is 5.56 Å². The number of carbonyl (C=O) groups excluding carboxylic acids is 1. The highest BCUT2D eigenvalue weighted by Crippen LogP contribution is 2.21. The SMILES string of the molecule is O=C(Nc1cc([O-])ccc1C(=O)O)c1ccccc1. The molecule has 0 spiro atoms. The summed E-state index contributed by atoms with van der Waals surface area (Å²) in [5, 5.41) is 22.7. The van der Waals surface area contributed by atoms with Crippen molar-refractivity contribution >= 4 is 17.6 Å². The lowest BCUT2D eigenvalue weighted by Crippen LogP contribution is -2.15. The molecule has 0 heterocycles. The van der Waals surface area contributed by atoms with E-state index in [2.05, 4.69) is 5.32 Å². The van der Waals surface area contributed by atoms with Crippen LogP contribution in [0.3, 0.4) is 0 Å². The van der Waals surface area contributed by atoms with Gasteiger partial charge in [-0.25, -0.2) is 4.79 Å². The van der Waals surface area contributed by atoms with E-state index >= 15 is 0 Å². The number of carbonyl (C=O) groups is 2. The van der Waals surface area contributed by atoms with Gasteiger partial charge in [0.15, 0.2) is 0 Å². The molecule has 1 amide bonds. The van der Waals surface area contributed by atoms with Crippen LogP contribution in [0.5, 0.6) is 5.75 Å². The molecule has 5 heteroatoms. The van der Waals surface area contributed by atoms with E-state index in [0.717, 1.165) is 12.1 Å². The van der Waals surface area contributed by atoms with E-state index in [-0.39, 0.29) is 17.0 Å². The number of carboxylic acids is 1. The van der Waals surface area contributed by atoms with Gasteiger partial charge in [0.2, 0.25) is 0 Å². The van der Waals surface area contributed by atoms with Gasteiger partial charge in [-0.2, -0.15) is 0 Å². The van der Waals surface area contributed by atoms with Gasteiger partial charge in [-0.3, -0.25) is 4.79 Å². The van der Waals surface area contributed by atoms with Crippen molar-refractivity contribution in [2.75, 3.05) is 5.32 Å². The Morgan fingerprint density at radius 3 is 2.37 bits per heavy atom. The second-order valence-electron chi connectivity index (χ2n) is 3.83. The normalized spacial score (nSPS) is 9.89. The maximum Gasteiger partial charge on any atom is 0.337 e. The maximum absolute atomic E-state index is 11.9. The summed E-state index contributed by atoms with van der Waals surface area (Å²) in [6, 6.07) is 11.7. The van der Waals surface area contributed by atoms with E-state index in [1.54, 1.807) is 30.3 Å². The number of anilines is 1. The Hall–Kier alpha value is -2.82. The van der Waals surface area contributed by atoms with Crippen LogP contribution >= 0.6 is 0 Å². The average Bonchev–Trinajstić information content (AvgIpc) is 2.39. The van der Waals surface area contributed by atoms with E-state index in [1.807, 2.05) is 0 Å². The predicted molar refractivity (Wildman–Crippen MR) is 67.2 cm³/mol. The molecule has 0 aliphatic heterocycles. The summed E-state index contributed by atoms with van der Waals surface area (Å²) < 4.78 is 0. The Morgan fingerprint density at radius 2 is 1.74 bits per heavy atom. The van der Waals surface area contributed by atoms with Crippen molar-refractivity contribution in [1.82, 2.24) is 0 Å². The van der Waals surface area contributed by atoms with Gasteiger partial charge >= 0.3 is 5.97 Å². The van der Waals surface area contributed by atoms with Crippen molar-refractivity contribution in [3.63, 3.8) is 0 Å². The highest BCUT2D eigenvalue weighted by molar-refractivity contribution is 6.07. The average molecular weight is 256 g/mol. The van der Waals surface area contributed by atoms with Gasteiger partial charge in [0.05, 0.1) is 11.3 Å². The van der Waals surface area contributed by atoms with Gasteiger partial charge in [-0.05, 0) is 24.3 Å². The van der Waals surface area contributed by atoms with E-state index in [4.69, 9.17) is 5.11 Å². The molecular weight excluding hydrogens is 246 g/mol. The fourth-order valence-electron chi connectivity index (χ4n) is 1.60. The third-order valence-corrected chi connectivity index (χ3v) is 2.51. The molecule has 0 saturated heterocycles. The summed E-state index contributed by atoms with van der Waals surface area (Å²) >= 11 is 0. The summed E-state index contributed by atoms with van der Waals surface area (Å²) in [5.41, 5.74) is 0.257. The molecule has 0 unspecified atom stereocenters. The van der Waals surface area contributed by atoms with E-state index in [9.17, 15) is 14.7 Å². The zero-order valence-electron chi connectivity index (χ0n) is 9.79. The van der Waals surface area contributed by atoms with Gasteiger partial charge in [0.25, 0.3) is 5.91 Å². The lowest BCUT2D eigenvalue weighted by atomic mass is 10.1. The van der Waals surface area contributed by atoms with Gasteiger partial charge in [0.1, 0.15) is 0 Å². The van der Waals surface area contributed by atoms with Crippen LogP contribution in [-0.4, -0.2) is 17.0 Å². The standard InChI is InChI=1S/C14H11NO4/c16-10-6-7-11(14(18)19)12(8-10)15-13(17)9-4-2-1-3-5-9/h1-8,16H,(H,15,17)(H,18,19)/p-1. The quantitative estimate of drug-likeness (QED) is 0.874. The van der Waals surface area contributed by atoms with Crippen LogP contribution in [0.25, 0.3) is 0 Å². The molecule has 2 rings (SSSR count). The first kappa shape index (κ1) is 12.6. The molecule has 2 aromatic carbocycles. The van der Waals surface area contributed by atoms with Gasteiger partial charge < -0.3 is 15.5 Å². The second kappa shape index (κ2) is 5.22. The molecule has 0 atom stereocenters. The highest BCUT2D eigenvalue weighted by atomic mass is 16.4. The van der Waals surface area contributed by atoms with Crippen LogP contribution in [0, 0.1) is 0 Å². The fraction of sp³-hybridized carbons (Fsp3) is 0. The number of benzene rings is 2. The molecule has 0 aliphatic carbocycles. The van der Waals surface area contributed by atoms with Gasteiger partial charge in [-0.1, -0.05) is 24.3 Å². The monoisotopic (exact) mass is 256 g/mol. The minimum Gasteiger partial charge on any atom is -0.872 e. The van der Waals surface area contributed by atoms with Crippen LogP contribution < -0.4 is 10.4 Å². The zero-order valence-corrected chi connectivity index (χ0v) is 9.79. The van der Waals surface area contributed by atoms with Crippen LogP contribution in [-0.2, 0) is 0 Å². The third kappa shape index (κ3) is 2.90. The number of hydrogen-bond donors (Lipinski definition) is 2. The predicted octanol–water partition coefficient (Wildman–Crippen LogP) is 1.71. The molecule has 0 radical (unpaired) electrons. The number of carboxylic acid groups (broad SMARTS) is 1. The third-order valence-electron chi connectivity index (χ3n) is 2.51. The Labute approximate surface area is 109 Å². The van der Waals surface area contributed by atoms with Crippen LogP contribution in [0.2, 0.25) is 0 Å². The first-order valence-corrected chi connectivity index (χ1v) is 5.48. The van der Waals surface area contributed by atoms with E-state index < -0.39 is 11.9 Å². The van der Waals surface area contributed by atoms with Gasteiger partial charge in [-0.15, -0.1) is 5.75 Å². The zero-order chi connectivity index (χ0) is 13.8. The second-order valence-corrected chi connectivity index (χ2v) is 3.83. The molecule has 2 N–H and O–H groups in total. The number of rotatable bonds is 3. The van der Waals surface area contributed by atoms with Crippen LogP contribution in [0.15, 0.2) is 48.5 Å². The summed E-state index contributed by atoms with van der Waals surface area (Å²) in [4.78, 5) is 22.9.